The van der Waals surface area contributed by atoms with Crippen molar-refractivity contribution in [2.24, 2.45) is 4.99 Å². The monoisotopic (exact) mass is 251 g/mol. The van der Waals surface area contributed by atoms with Crippen LogP contribution in [0, 0.1) is 0 Å². The van der Waals surface area contributed by atoms with Gasteiger partial charge in [-0.15, -0.1) is 0 Å². The van der Waals surface area contributed by atoms with Crippen molar-refractivity contribution in [1.29, 1.82) is 0 Å². The molecule has 0 N–H and O–H groups in total. The van der Waals surface area contributed by atoms with Crippen LogP contribution in [0.3, 0.4) is 0 Å². The molecule has 3 heteroatoms. The average Bonchev–Trinajstić information content (AvgIpc) is 2.15. The molecule has 0 aromatic heterocycles. The molecular formula is C7H12IN2+. The second kappa shape index (κ2) is 3.00. The standard InChI is InChI=1S/C7H12IN2/c1-3-5-10(2)6-4-9-7(10)8/h4,6H,3,5H2,1-2H3/q+1. The molecule has 2 nitrogen and oxygen atoms in total. The van der Waals surface area contributed by atoms with E-state index in [9.17, 15) is 0 Å². The lowest BCUT2D eigenvalue weighted by Crippen LogP contribution is -2.39. The molecule has 0 amide bonds. The first-order valence-corrected chi connectivity index (χ1v) is 4.54. The highest BCUT2D eigenvalue weighted by Gasteiger charge is 2.26. The summed E-state index contributed by atoms with van der Waals surface area (Å²) in [6.07, 6.45) is 5.21. The fourth-order valence-electron chi connectivity index (χ4n) is 1.07. The normalized spacial score (nSPS) is 30.9. The number of hydrogen-bond acceptors (Lipinski definition) is 1. The number of amidine groups is 1. The SMILES string of the molecule is CCC[N+]1(C)C=CN=C1I. The summed E-state index contributed by atoms with van der Waals surface area (Å²) in [4.78, 5) is 4.20. The van der Waals surface area contributed by atoms with Crippen LogP contribution < -0.4 is 0 Å². The van der Waals surface area contributed by atoms with Crippen LogP contribution in [0.2, 0.25) is 0 Å². The smallest absolute Gasteiger partial charge is 0.244 e. The van der Waals surface area contributed by atoms with Gasteiger partial charge in [0.05, 0.1) is 42.4 Å². The molecule has 1 heterocycles. The van der Waals surface area contributed by atoms with E-state index in [1.165, 1.54) is 10.3 Å². The minimum atomic E-state index is 0.886. The Hall–Kier alpha value is 0.100. The van der Waals surface area contributed by atoms with E-state index >= 15 is 0 Å². The molecule has 10 heavy (non-hydrogen) atoms. The highest BCUT2D eigenvalue weighted by atomic mass is 127. The van der Waals surface area contributed by atoms with Gasteiger partial charge in [-0.1, -0.05) is 6.92 Å². The van der Waals surface area contributed by atoms with Gasteiger partial charge in [0.1, 0.15) is 6.20 Å². The van der Waals surface area contributed by atoms with Crippen molar-refractivity contribution in [1.82, 2.24) is 0 Å². The molecular weight excluding hydrogens is 239 g/mol. The summed E-state index contributed by atoms with van der Waals surface area (Å²) in [6.45, 7) is 3.35. The van der Waals surface area contributed by atoms with Crippen molar-refractivity contribution in [3.63, 3.8) is 0 Å². The summed E-state index contributed by atoms with van der Waals surface area (Å²) in [5.74, 6) is 0. The Morgan fingerprint density at radius 3 is 2.80 bits per heavy atom. The van der Waals surface area contributed by atoms with E-state index in [2.05, 4.69) is 47.8 Å². The summed E-state index contributed by atoms with van der Waals surface area (Å²) in [7, 11) is 2.18. The summed E-state index contributed by atoms with van der Waals surface area (Å²) < 4.78 is 2.05. The molecule has 0 bridgehead atoms. The lowest BCUT2D eigenvalue weighted by Gasteiger charge is -2.23. The zero-order valence-corrected chi connectivity index (χ0v) is 8.50. The first-order chi connectivity index (χ1) is 4.69. The van der Waals surface area contributed by atoms with E-state index in [4.69, 9.17) is 0 Å². The van der Waals surface area contributed by atoms with E-state index < -0.39 is 0 Å². The molecule has 1 aliphatic rings. The van der Waals surface area contributed by atoms with Crippen molar-refractivity contribution in [2.45, 2.75) is 13.3 Å². The molecule has 1 unspecified atom stereocenters. The van der Waals surface area contributed by atoms with Crippen LogP contribution >= 0.6 is 22.6 Å². The Morgan fingerprint density at radius 2 is 2.40 bits per heavy atom. The summed E-state index contributed by atoms with van der Waals surface area (Å²) in [5.41, 5.74) is 0. The second-order valence-corrected chi connectivity index (χ2v) is 3.65. The molecule has 0 radical (unpaired) electrons. The number of aliphatic imine (C=N–C) groups is 1. The van der Waals surface area contributed by atoms with Gasteiger partial charge in [-0.2, -0.15) is 4.99 Å². The van der Waals surface area contributed by atoms with Gasteiger partial charge in [0.2, 0.25) is 0 Å². The van der Waals surface area contributed by atoms with Gasteiger partial charge in [0.25, 0.3) is 3.84 Å². The quantitative estimate of drug-likeness (QED) is 0.405. The molecule has 0 saturated heterocycles. The summed E-state index contributed by atoms with van der Waals surface area (Å²) in [6, 6.07) is 0. The topological polar surface area (TPSA) is 12.4 Å². The number of halogens is 1. The maximum atomic E-state index is 4.20. The van der Waals surface area contributed by atoms with Crippen LogP contribution in [0.4, 0.5) is 0 Å². The van der Waals surface area contributed by atoms with Crippen molar-refractivity contribution < 1.29 is 4.48 Å². The fraction of sp³-hybridized carbons (Fsp3) is 0.571. The molecule has 56 valence electrons. The van der Waals surface area contributed by atoms with Gasteiger partial charge in [-0.05, 0) is 6.42 Å². The van der Waals surface area contributed by atoms with Crippen LogP contribution in [0.1, 0.15) is 13.3 Å². The van der Waals surface area contributed by atoms with Crippen LogP contribution in [0.5, 0.6) is 0 Å². The molecule has 0 spiro atoms. The van der Waals surface area contributed by atoms with Crippen LogP contribution in [-0.2, 0) is 0 Å². The third-order valence-electron chi connectivity index (χ3n) is 1.69. The molecule has 1 aliphatic heterocycles. The molecule has 0 aromatic carbocycles. The fourth-order valence-corrected chi connectivity index (χ4v) is 1.63. The predicted molar refractivity (Wildman–Crippen MR) is 51.9 cm³/mol. The third-order valence-corrected chi connectivity index (χ3v) is 3.07. The van der Waals surface area contributed by atoms with E-state index in [1.807, 2.05) is 6.20 Å². The Labute approximate surface area is 75.4 Å². The predicted octanol–water partition coefficient (Wildman–Crippen LogP) is 2.12. The van der Waals surface area contributed by atoms with Gasteiger partial charge >= 0.3 is 0 Å². The van der Waals surface area contributed by atoms with Crippen molar-refractivity contribution in [2.75, 3.05) is 13.6 Å². The maximum Gasteiger partial charge on any atom is 0.268 e. The molecule has 1 atom stereocenters. The number of hydrogen-bond donors (Lipinski definition) is 0. The summed E-state index contributed by atoms with van der Waals surface area (Å²) >= 11 is 2.29. The Morgan fingerprint density at radius 1 is 1.70 bits per heavy atom. The van der Waals surface area contributed by atoms with Crippen molar-refractivity contribution in [3.8, 4) is 0 Å². The highest BCUT2D eigenvalue weighted by Crippen LogP contribution is 2.18. The van der Waals surface area contributed by atoms with Crippen molar-refractivity contribution in [3.05, 3.63) is 12.4 Å². The Bertz CT molecular complexity index is 186. The van der Waals surface area contributed by atoms with Gasteiger partial charge in [-0.3, -0.25) is 0 Å². The van der Waals surface area contributed by atoms with E-state index in [1.54, 1.807) is 0 Å². The molecule has 0 aromatic rings. The Kier molecular flexibility index (Phi) is 2.46. The summed E-state index contributed by atoms with van der Waals surface area (Å²) in [5, 5.41) is 0. The van der Waals surface area contributed by atoms with Gasteiger partial charge in [0, 0.05) is 0 Å². The van der Waals surface area contributed by atoms with Gasteiger partial charge < -0.3 is 0 Å². The zero-order chi connectivity index (χ0) is 7.61. The average molecular weight is 251 g/mol. The maximum absolute atomic E-state index is 4.20. The first-order valence-electron chi connectivity index (χ1n) is 3.46. The van der Waals surface area contributed by atoms with Crippen LogP contribution in [0.25, 0.3) is 0 Å². The lowest BCUT2D eigenvalue weighted by atomic mass is 10.4. The van der Waals surface area contributed by atoms with Crippen LogP contribution in [0.15, 0.2) is 17.4 Å². The minimum Gasteiger partial charge on any atom is -0.244 e. The van der Waals surface area contributed by atoms with Crippen molar-refractivity contribution >= 4 is 26.4 Å². The molecule has 0 aliphatic carbocycles. The zero-order valence-electron chi connectivity index (χ0n) is 6.34. The minimum absolute atomic E-state index is 0.886. The van der Waals surface area contributed by atoms with E-state index in [0.29, 0.717) is 0 Å². The third kappa shape index (κ3) is 1.40. The Balaban J connectivity index is 2.69. The number of rotatable bonds is 2. The van der Waals surface area contributed by atoms with Gasteiger partial charge in [0.15, 0.2) is 0 Å². The second-order valence-electron chi connectivity index (χ2n) is 2.69. The molecule has 0 saturated carbocycles. The number of nitrogens with zero attached hydrogens (tertiary/aromatic N) is 2. The first kappa shape index (κ1) is 8.20. The van der Waals surface area contributed by atoms with Crippen LogP contribution in [-0.4, -0.2) is 21.9 Å². The van der Waals surface area contributed by atoms with Gasteiger partial charge in [-0.25, -0.2) is 4.48 Å². The van der Waals surface area contributed by atoms with E-state index in [-0.39, 0.29) is 0 Å². The van der Waals surface area contributed by atoms with E-state index in [0.717, 1.165) is 11.0 Å². The largest absolute Gasteiger partial charge is 0.268 e. The lowest BCUT2D eigenvalue weighted by molar-refractivity contribution is -0.758. The number of quaternary nitrogens is 1. The highest BCUT2D eigenvalue weighted by molar-refractivity contribution is 14.1. The molecule has 1 rings (SSSR count). The molecule has 0 fully saturated rings.